The predicted octanol–water partition coefficient (Wildman–Crippen LogP) is 1.12. The van der Waals surface area contributed by atoms with Crippen molar-refractivity contribution in [3.8, 4) is 0 Å². The molecule has 0 aromatic heterocycles. The Morgan fingerprint density at radius 3 is 2.75 bits per heavy atom. The predicted molar refractivity (Wildman–Crippen MR) is 59.7 cm³/mol. The Balaban J connectivity index is 2.38. The van der Waals surface area contributed by atoms with E-state index >= 15 is 0 Å². The molecule has 0 aliphatic carbocycles. The Labute approximate surface area is 95.9 Å². The Kier molecular flexibility index (Phi) is 4.58. The lowest BCUT2D eigenvalue weighted by molar-refractivity contribution is -0.121. The minimum absolute atomic E-state index is 0.401. The third-order valence-electron chi connectivity index (χ3n) is 2.74. The summed E-state index contributed by atoms with van der Waals surface area (Å²) in [5, 5.41) is 0. The first-order valence-corrected chi connectivity index (χ1v) is 5.75. The van der Waals surface area contributed by atoms with Gasteiger partial charge in [-0.05, 0) is 25.2 Å². The van der Waals surface area contributed by atoms with Crippen LogP contribution >= 0.6 is 0 Å². The number of nitrogens with zero attached hydrogens (tertiary/aromatic N) is 1. The monoisotopic (exact) mass is 228 g/mol. The smallest absolute Gasteiger partial charge is 0.410 e. The molecule has 1 saturated heterocycles. The molecule has 1 aliphatic heterocycles. The maximum Gasteiger partial charge on any atom is 0.410 e. The van der Waals surface area contributed by atoms with Crippen molar-refractivity contribution in [3.63, 3.8) is 0 Å². The number of likely N-dealkylation sites (tertiary alicyclic amines) is 1. The van der Waals surface area contributed by atoms with E-state index in [0.29, 0.717) is 25.5 Å². The van der Waals surface area contributed by atoms with Crippen molar-refractivity contribution in [2.45, 2.75) is 39.2 Å². The highest BCUT2D eigenvalue weighted by molar-refractivity contribution is 5.84. The molecule has 1 heterocycles. The first-order valence-electron chi connectivity index (χ1n) is 5.75. The summed E-state index contributed by atoms with van der Waals surface area (Å²) in [6.45, 7) is 5.10. The van der Waals surface area contributed by atoms with Gasteiger partial charge in [-0.1, -0.05) is 13.8 Å². The van der Waals surface area contributed by atoms with E-state index in [1.54, 1.807) is 0 Å². The summed E-state index contributed by atoms with van der Waals surface area (Å²) in [5.41, 5.74) is 5.21. The lowest BCUT2D eigenvalue weighted by Gasteiger charge is -2.21. The van der Waals surface area contributed by atoms with Gasteiger partial charge in [-0.15, -0.1) is 0 Å². The molecule has 16 heavy (non-hydrogen) atoms. The fraction of sp³-hybridized carbons (Fsp3) is 0.818. The van der Waals surface area contributed by atoms with Crippen molar-refractivity contribution in [2.75, 3.05) is 13.2 Å². The topological polar surface area (TPSA) is 72.6 Å². The van der Waals surface area contributed by atoms with Gasteiger partial charge in [-0.25, -0.2) is 4.79 Å². The Hall–Kier alpha value is -1.26. The fourth-order valence-corrected chi connectivity index (χ4v) is 1.75. The van der Waals surface area contributed by atoms with Gasteiger partial charge in [0.05, 0.1) is 6.61 Å². The standard InChI is InChI=1S/C11H20N2O3/c1-8(2)5-7-16-11(15)13-6-3-4-9(13)10(12)14/h8-9H,3-7H2,1-2H3,(H2,12,14). The van der Waals surface area contributed by atoms with E-state index in [1.165, 1.54) is 4.90 Å². The highest BCUT2D eigenvalue weighted by Crippen LogP contribution is 2.18. The second-order valence-corrected chi connectivity index (χ2v) is 4.55. The van der Waals surface area contributed by atoms with E-state index in [0.717, 1.165) is 12.8 Å². The zero-order valence-electron chi connectivity index (χ0n) is 9.94. The van der Waals surface area contributed by atoms with Gasteiger partial charge in [0.25, 0.3) is 0 Å². The normalized spacial score (nSPS) is 20.2. The van der Waals surface area contributed by atoms with Crippen LogP contribution < -0.4 is 5.73 Å². The molecule has 92 valence electrons. The highest BCUT2D eigenvalue weighted by Gasteiger charge is 2.33. The van der Waals surface area contributed by atoms with Crippen LogP contribution in [0.5, 0.6) is 0 Å². The van der Waals surface area contributed by atoms with Gasteiger partial charge < -0.3 is 10.5 Å². The van der Waals surface area contributed by atoms with Crippen LogP contribution in [0.1, 0.15) is 33.1 Å². The third-order valence-corrected chi connectivity index (χ3v) is 2.74. The molecular weight excluding hydrogens is 208 g/mol. The summed E-state index contributed by atoms with van der Waals surface area (Å²) in [4.78, 5) is 24.1. The molecule has 5 nitrogen and oxygen atoms in total. The van der Waals surface area contributed by atoms with Crippen molar-refractivity contribution in [1.82, 2.24) is 4.90 Å². The fourth-order valence-electron chi connectivity index (χ4n) is 1.75. The SMILES string of the molecule is CC(C)CCOC(=O)N1CCCC1C(N)=O. The van der Waals surface area contributed by atoms with Crippen LogP contribution in [0.4, 0.5) is 4.79 Å². The number of amides is 2. The molecule has 1 atom stereocenters. The molecule has 2 amide bonds. The van der Waals surface area contributed by atoms with Gasteiger partial charge in [0.15, 0.2) is 0 Å². The maximum atomic E-state index is 11.6. The lowest BCUT2D eigenvalue weighted by Crippen LogP contribution is -2.44. The second kappa shape index (κ2) is 5.72. The van der Waals surface area contributed by atoms with Crippen molar-refractivity contribution < 1.29 is 14.3 Å². The molecular formula is C11H20N2O3. The second-order valence-electron chi connectivity index (χ2n) is 4.55. The van der Waals surface area contributed by atoms with Crippen LogP contribution in [0.25, 0.3) is 0 Å². The molecule has 0 saturated carbocycles. The first-order chi connectivity index (χ1) is 7.52. The molecule has 1 rings (SSSR count). The molecule has 0 aromatic carbocycles. The number of carbonyl (C=O) groups excluding carboxylic acids is 2. The summed E-state index contributed by atoms with van der Waals surface area (Å²) >= 11 is 0. The van der Waals surface area contributed by atoms with Crippen molar-refractivity contribution >= 4 is 12.0 Å². The van der Waals surface area contributed by atoms with Crippen LogP contribution in [0.3, 0.4) is 0 Å². The van der Waals surface area contributed by atoms with Crippen LogP contribution in [0.2, 0.25) is 0 Å². The molecule has 1 aliphatic rings. The van der Waals surface area contributed by atoms with Gasteiger partial charge in [0, 0.05) is 6.54 Å². The number of hydrogen-bond donors (Lipinski definition) is 1. The Morgan fingerprint density at radius 2 is 2.19 bits per heavy atom. The Bertz CT molecular complexity index is 266. The molecule has 0 spiro atoms. The summed E-state index contributed by atoms with van der Waals surface area (Å²) in [5.74, 6) is 0.0524. The first kappa shape index (κ1) is 12.8. The zero-order chi connectivity index (χ0) is 12.1. The van der Waals surface area contributed by atoms with Crippen molar-refractivity contribution in [3.05, 3.63) is 0 Å². The van der Waals surface area contributed by atoms with Gasteiger partial charge >= 0.3 is 6.09 Å². The summed E-state index contributed by atoms with van der Waals surface area (Å²) in [6, 6.07) is -0.480. The Morgan fingerprint density at radius 1 is 1.50 bits per heavy atom. The van der Waals surface area contributed by atoms with E-state index in [9.17, 15) is 9.59 Å². The number of primary amides is 1. The number of hydrogen-bond acceptors (Lipinski definition) is 3. The van der Waals surface area contributed by atoms with E-state index in [2.05, 4.69) is 13.8 Å². The molecule has 1 unspecified atom stereocenters. The summed E-state index contributed by atoms with van der Waals surface area (Å²) in [6.07, 6.45) is 1.88. The average Bonchev–Trinajstić information content (AvgIpc) is 2.65. The highest BCUT2D eigenvalue weighted by atomic mass is 16.6. The van der Waals surface area contributed by atoms with Crippen LogP contribution in [0, 0.1) is 5.92 Å². The zero-order valence-corrected chi connectivity index (χ0v) is 9.94. The largest absolute Gasteiger partial charge is 0.449 e. The third kappa shape index (κ3) is 3.40. The minimum Gasteiger partial charge on any atom is -0.449 e. The summed E-state index contributed by atoms with van der Waals surface area (Å²) in [7, 11) is 0. The quantitative estimate of drug-likeness (QED) is 0.783. The van der Waals surface area contributed by atoms with Gasteiger partial charge in [-0.3, -0.25) is 9.69 Å². The maximum absolute atomic E-state index is 11.6. The molecule has 2 N–H and O–H groups in total. The molecule has 5 heteroatoms. The van der Waals surface area contributed by atoms with Gasteiger partial charge in [0.2, 0.25) is 5.91 Å². The lowest BCUT2D eigenvalue weighted by atomic mass is 10.1. The van der Waals surface area contributed by atoms with Crippen molar-refractivity contribution in [1.29, 1.82) is 0 Å². The van der Waals surface area contributed by atoms with Crippen molar-refractivity contribution in [2.24, 2.45) is 11.7 Å². The van der Waals surface area contributed by atoms with E-state index in [1.807, 2.05) is 0 Å². The minimum atomic E-state index is -0.480. The molecule has 0 aromatic rings. The van der Waals surface area contributed by atoms with E-state index in [4.69, 9.17) is 10.5 Å². The van der Waals surface area contributed by atoms with Gasteiger partial charge in [-0.2, -0.15) is 0 Å². The number of carbonyl (C=O) groups is 2. The molecule has 0 bridgehead atoms. The number of nitrogens with two attached hydrogens (primary N) is 1. The molecule has 1 fully saturated rings. The van der Waals surface area contributed by atoms with Crippen LogP contribution in [-0.4, -0.2) is 36.1 Å². The van der Waals surface area contributed by atoms with Crippen LogP contribution in [0.15, 0.2) is 0 Å². The van der Waals surface area contributed by atoms with E-state index < -0.39 is 18.0 Å². The summed E-state index contributed by atoms with van der Waals surface area (Å²) < 4.78 is 5.10. The van der Waals surface area contributed by atoms with Crippen LogP contribution in [-0.2, 0) is 9.53 Å². The number of rotatable bonds is 4. The van der Waals surface area contributed by atoms with Gasteiger partial charge in [0.1, 0.15) is 6.04 Å². The number of ether oxygens (including phenoxy) is 1. The van der Waals surface area contributed by atoms with E-state index in [-0.39, 0.29) is 0 Å². The molecule has 0 radical (unpaired) electrons. The average molecular weight is 228 g/mol.